The van der Waals surface area contributed by atoms with Crippen LogP contribution in [-0.4, -0.2) is 28.5 Å². The molecule has 0 unspecified atom stereocenters. The first-order chi connectivity index (χ1) is 4.84. The van der Waals surface area contributed by atoms with E-state index in [4.69, 9.17) is 4.74 Å². The van der Waals surface area contributed by atoms with E-state index in [1.165, 1.54) is 6.33 Å². The zero-order valence-electron chi connectivity index (χ0n) is 5.62. The summed E-state index contributed by atoms with van der Waals surface area (Å²) in [5, 5.41) is 3.93. The van der Waals surface area contributed by atoms with E-state index >= 15 is 0 Å². The van der Waals surface area contributed by atoms with Gasteiger partial charge in [-0.3, -0.25) is 0 Å². The lowest BCUT2D eigenvalue weighted by Crippen LogP contribution is -2.05. The lowest BCUT2D eigenvalue weighted by atomic mass is 10.7. The predicted molar refractivity (Wildman–Crippen MR) is 39.6 cm³/mol. The number of hydrogen-bond donors (Lipinski definition) is 0. The van der Waals surface area contributed by atoms with Crippen LogP contribution >= 0.6 is 15.9 Å². The van der Waals surface area contributed by atoms with Crippen molar-refractivity contribution in [1.82, 2.24) is 14.8 Å². The summed E-state index contributed by atoms with van der Waals surface area (Å²) < 4.78 is 7.33. The van der Waals surface area contributed by atoms with Crippen molar-refractivity contribution >= 4 is 15.9 Å². The minimum atomic E-state index is 0.655. The number of halogens is 1. The van der Waals surface area contributed by atoms with Gasteiger partial charge in [-0.1, -0.05) is 0 Å². The highest BCUT2D eigenvalue weighted by Crippen LogP contribution is 2.01. The summed E-state index contributed by atoms with van der Waals surface area (Å²) in [6.07, 6.45) is 1.50. The molecule has 0 N–H and O–H groups in total. The number of methoxy groups -OCH3 is 1. The van der Waals surface area contributed by atoms with Crippen molar-refractivity contribution in [2.45, 2.75) is 6.54 Å². The number of aromatic nitrogens is 3. The molecule has 0 atom stereocenters. The highest BCUT2D eigenvalue weighted by Gasteiger charge is 1.96. The molecule has 0 spiro atoms. The maximum atomic E-state index is 4.86. The van der Waals surface area contributed by atoms with Crippen LogP contribution in [0.5, 0.6) is 0 Å². The minimum Gasteiger partial charge on any atom is -0.383 e. The second-order valence-corrected chi connectivity index (χ2v) is 2.45. The van der Waals surface area contributed by atoms with Crippen LogP contribution in [0.3, 0.4) is 0 Å². The summed E-state index contributed by atoms with van der Waals surface area (Å²) in [7, 11) is 1.66. The van der Waals surface area contributed by atoms with Crippen molar-refractivity contribution in [2.75, 3.05) is 13.7 Å². The summed E-state index contributed by atoms with van der Waals surface area (Å²) >= 11 is 3.23. The van der Waals surface area contributed by atoms with Crippen molar-refractivity contribution in [3.05, 3.63) is 11.1 Å². The Hall–Kier alpha value is -0.420. The number of rotatable bonds is 3. The van der Waals surface area contributed by atoms with Crippen LogP contribution in [0.1, 0.15) is 0 Å². The molecule has 1 heterocycles. The van der Waals surface area contributed by atoms with Crippen LogP contribution in [0.4, 0.5) is 0 Å². The SMILES string of the molecule is COCCn1ncnc1Br. The molecule has 0 saturated carbocycles. The maximum absolute atomic E-state index is 4.86. The molecule has 5 heteroatoms. The quantitative estimate of drug-likeness (QED) is 0.730. The molecule has 1 aromatic rings. The molecule has 0 amide bonds. The summed E-state index contributed by atoms with van der Waals surface area (Å²) in [4.78, 5) is 3.88. The van der Waals surface area contributed by atoms with Gasteiger partial charge in [-0.05, 0) is 15.9 Å². The van der Waals surface area contributed by atoms with Gasteiger partial charge in [-0.15, -0.1) is 0 Å². The van der Waals surface area contributed by atoms with Gasteiger partial charge < -0.3 is 4.74 Å². The van der Waals surface area contributed by atoms with E-state index in [2.05, 4.69) is 26.0 Å². The van der Waals surface area contributed by atoms with Crippen LogP contribution < -0.4 is 0 Å². The van der Waals surface area contributed by atoms with Crippen molar-refractivity contribution < 1.29 is 4.74 Å². The second-order valence-electron chi connectivity index (χ2n) is 1.75. The molecule has 0 aliphatic rings. The zero-order chi connectivity index (χ0) is 7.40. The van der Waals surface area contributed by atoms with E-state index < -0.39 is 0 Å². The van der Waals surface area contributed by atoms with Gasteiger partial charge in [0.2, 0.25) is 0 Å². The van der Waals surface area contributed by atoms with E-state index in [1.807, 2.05) is 0 Å². The van der Waals surface area contributed by atoms with Gasteiger partial charge in [-0.25, -0.2) is 9.67 Å². The molecule has 0 aliphatic carbocycles. The molecule has 0 fully saturated rings. The Morgan fingerprint density at radius 3 is 3.10 bits per heavy atom. The van der Waals surface area contributed by atoms with Crippen molar-refractivity contribution in [3.8, 4) is 0 Å². The summed E-state index contributed by atoms with van der Waals surface area (Å²) in [6.45, 7) is 1.39. The van der Waals surface area contributed by atoms with Gasteiger partial charge in [0, 0.05) is 7.11 Å². The summed E-state index contributed by atoms with van der Waals surface area (Å²) in [5.41, 5.74) is 0. The standard InChI is InChI=1S/C5H8BrN3O/c1-10-3-2-9-5(6)7-4-8-9/h4H,2-3H2,1H3. The van der Waals surface area contributed by atoms with Crippen LogP contribution in [-0.2, 0) is 11.3 Å². The van der Waals surface area contributed by atoms with Crippen LogP contribution in [0.15, 0.2) is 11.1 Å². The predicted octanol–water partition coefficient (Wildman–Crippen LogP) is 0.687. The van der Waals surface area contributed by atoms with Gasteiger partial charge in [-0.2, -0.15) is 5.10 Å². The Morgan fingerprint density at radius 1 is 1.80 bits per heavy atom. The largest absolute Gasteiger partial charge is 0.383 e. The first-order valence-corrected chi connectivity index (χ1v) is 3.66. The normalized spacial score (nSPS) is 10.2. The first-order valence-electron chi connectivity index (χ1n) is 2.87. The molecule has 0 radical (unpaired) electrons. The topological polar surface area (TPSA) is 39.9 Å². The Kier molecular flexibility index (Phi) is 2.82. The number of hydrogen-bond acceptors (Lipinski definition) is 3. The van der Waals surface area contributed by atoms with E-state index in [-0.39, 0.29) is 0 Å². The molecule has 0 aromatic carbocycles. The van der Waals surface area contributed by atoms with Crippen molar-refractivity contribution in [3.63, 3.8) is 0 Å². The lowest BCUT2D eigenvalue weighted by Gasteiger charge is -1.98. The fourth-order valence-electron chi connectivity index (χ4n) is 0.578. The maximum Gasteiger partial charge on any atom is 0.195 e. The van der Waals surface area contributed by atoms with Gasteiger partial charge in [0.1, 0.15) is 6.33 Å². The average molecular weight is 206 g/mol. The molecule has 0 saturated heterocycles. The zero-order valence-corrected chi connectivity index (χ0v) is 7.21. The van der Waals surface area contributed by atoms with Gasteiger partial charge in [0.15, 0.2) is 4.73 Å². The van der Waals surface area contributed by atoms with Gasteiger partial charge in [0.25, 0.3) is 0 Å². The third-order valence-corrected chi connectivity index (χ3v) is 1.69. The highest BCUT2D eigenvalue weighted by molar-refractivity contribution is 9.10. The molecule has 56 valence electrons. The Balaban J connectivity index is 2.49. The molecule has 1 aromatic heterocycles. The smallest absolute Gasteiger partial charge is 0.195 e. The van der Waals surface area contributed by atoms with E-state index in [0.717, 1.165) is 11.3 Å². The fourth-order valence-corrected chi connectivity index (χ4v) is 0.938. The number of nitrogens with zero attached hydrogens (tertiary/aromatic N) is 3. The summed E-state index contributed by atoms with van der Waals surface area (Å²) in [5.74, 6) is 0. The van der Waals surface area contributed by atoms with Crippen LogP contribution in [0.2, 0.25) is 0 Å². The van der Waals surface area contributed by atoms with Gasteiger partial charge in [0.05, 0.1) is 13.2 Å². The molecule has 1 rings (SSSR count). The Bertz CT molecular complexity index is 201. The van der Waals surface area contributed by atoms with E-state index in [9.17, 15) is 0 Å². The number of ether oxygens (including phenoxy) is 1. The van der Waals surface area contributed by atoms with E-state index in [1.54, 1.807) is 11.8 Å². The monoisotopic (exact) mass is 205 g/mol. The van der Waals surface area contributed by atoms with Crippen LogP contribution in [0, 0.1) is 0 Å². The fraction of sp³-hybridized carbons (Fsp3) is 0.600. The van der Waals surface area contributed by atoms with Gasteiger partial charge >= 0.3 is 0 Å². The summed E-state index contributed by atoms with van der Waals surface area (Å²) in [6, 6.07) is 0. The molecular formula is C5H8BrN3O. The van der Waals surface area contributed by atoms with Crippen molar-refractivity contribution in [2.24, 2.45) is 0 Å². The molecule has 0 bridgehead atoms. The second kappa shape index (κ2) is 3.68. The minimum absolute atomic E-state index is 0.655. The average Bonchev–Trinajstić information content (AvgIpc) is 2.31. The first kappa shape index (κ1) is 7.68. The molecular weight excluding hydrogens is 198 g/mol. The lowest BCUT2D eigenvalue weighted by molar-refractivity contribution is 0.182. The molecule has 0 aliphatic heterocycles. The third kappa shape index (κ3) is 1.78. The highest BCUT2D eigenvalue weighted by atomic mass is 79.9. The Morgan fingerprint density at radius 2 is 2.60 bits per heavy atom. The molecule has 4 nitrogen and oxygen atoms in total. The van der Waals surface area contributed by atoms with E-state index in [0.29, 0.717) is 6.61 Å². The van der Waals surface area contributed by atoms with Crippen molar-refractivity contribution in [1.29, 1.82) is 0 Å². The third-order valence-electron chi connectivity index (χ3n) is 1.08. The van der Waals surface area contributed by atoms with Crippen LogP contribution in [0.25, 0.3) is 0 Å². The molecule has 10 heavy (non-hydrogen) atoms. The Labute approximate surface area is 67.3 Å².